The molecule has 0 bridgehead atoms. The largest absolute Gasteiger partial charge is 0.480 e. The molecule has 12 N–H and O–H groups in total. The van der Waals surface area contributed by atoms with Crippen LogP contribution in [0.2, 0.25) is 0 Å². The minimum absolute atomic E-state index is 0.0306. The van der Waals surface area contributed by atoms with Crippen molar-refractivity contribution in [3.63, 3.8) is 0 Å². The van der Waals surface area contributed by atoms with Gasteiger partial charge in [0.25, 0.3) is 0 Å². The molecule has 0 aliphatic rings. The number of aromatic nitrogens is 1. The van der Waals surface area contributed by atoms with Gasteiger partial charge in [0.05, 0.1) is 0 Å². The number of nitrogens with zero attached hydrogens (tertiary/aromatic N) is 1. The molecule has 13 heteroatoms. The Balaban J connectivity index is 4.12. The Morgan fingerprint density at radius 3 is 1.51 bits per heavy atom. The van der Waals surface area contributed by atoms with Gasteiger partial charge in [0, 0.05) is 28.5 Å². The van der Waals surface area contributed by atoms with Gasteiger partial charge in [-0.25, -0.2) is 4.57 Å². The lowest BCUT2D eigenvalue weighted by atomic mass is 9.91. The highest BCUT2D eigenvalue weighted by atomic mass is 16.4. The fraction of sp³-hybridized carbons (Fsp3) is 0.625. The van der Waals surface area contributed by atoms with Crippen molar-refractivity contribution in [2.24, 2.45) is 22.9 Å². The lowest BCUT2D eigenvalue weighted by Gasteiger charge is -2.16. The smallest absolute Gasteiger partial charge is 0.320 e. The van der Waals surface area contributed by atoms with E-state index in [2.05, 4.69) is 0 Å². The van der Waals surface area contributed by atoms with E-state index in [1.807, 2.05) is 0 Å². The molecule has 1 rings (SSSR count). The molecule has 0 unspecified atom stereocenters. The van der Waals surface area contributed by atoms with Gasteiger partial charge in [0.1, 0.15) is 30.7 Å². The lowest BCUT2D eigenvalue weighted by Crippen LogP contribution is -2.37. The fourth-order valence-electron chi connectivity index (χ4n) is 2.91. The molecular weight excluding hydrogens is 486 g/mol. The molecule has 208 valence electrons. The Morgan fingerprint density at radius 1 is 0.676 bits per heavy atom. The van der Waals surface area contributed by atoms with Crippen molar-refractivity contribution in [2.75, 3.05) is 0 Å². The Kier molecular flexibility index (Phi) is 8.95. The summed E-state index contributed by atoms with van der Waals surface area (Å²) in [6.07, 6.45) is -13.2. The molecular formula is C24H40N5O8+. The summed E-state index contributed by atoms with van der Waals surface area (Å²) in [5.41, 5.74) is 19.7. The number of unbranched alkanes of at least 4 members (excludes halogenated alkanes) is 1. The minimum atomic E-state index is -3.43. The molecule has 0 aliphatic carbocycles. The third-order valence-corrected chi connectivity index (χ3v) is 5.14. The molecule has 1 aromatic heterocycles. The van der Waals surface area contributed by atoms with Gasteiger partial charge >= 0.3 is 23.9 Å². The van der Waals surface area contributed by atoms with Crippen molar-refractivity contribution in [1.29, 1.82) is 0 Å². The molecule has 0 fully saturated rings. The van der Waals surface area contributed by atoms with Crippen LogP contribution in [-0.4, -0.2) is 68.5 Å². The van der Waals surface area contributed by atoms with E-state index in [4.69, 9.17) is 39.0 Å². The number of carbonyl (C=O) groups is 4. The minimum Gasteiger partial charge on any atom is -0.480 e. The van der Waals surface area contributed by atoms with Crippen LogP contribution >= 0.6 is 0 Å². The highest BCUT2D eigenvalue weighted by Crippen LogP contribution is 2.21. The zero-order chi connectivity index (χ0) is 35.3. The van der Waals surface area contributed by atoms with Gasteiger partial charge in [0.2, 0.25) is 0 Å². The first-order chi connectivity index (χ1) is 20.3. The number of aliphatic carboxylic acids is 4. The van der Waals surface area contributed by atoms with Crippen LogP contribution in [0.4, 0.5) is 0 Å². The van der Waals surface area contributed by atoms with Gasteiger partial charge in [-0.2, -0.15) is 0 Å². The summed E-state index contributed by atoms with van der Waals surface area (Å²) >= 11 is 0. The molecule has 0 aromatic carbocycles. The fourth-order valence-corrected chi connectivity index (χ4v) is 2.91. The third kappa shape index (κ3) is 11.6. The number of hydrogen-bond acceptors (Lipinski definition) is 8. The molecule has 0 saturated carbocycles. The summed E-state index contributed by atoms with van der Waals surface area (Å²) in [6.45, 7) is -0.0749. The molecule has 0 radical (unpaired) electrons. The first kappa shape index (κ1) is 20.9. The van der Waals surface area contributed by atoms with Gasteiger partial charge in [-0.3, -0.25) is 19.2 Å². The summed E-state index contributed by atoms with van der Waals surface area (Å²) in [5.74, 6) is -6.20. The van der Waals surface area contributed by atoms with E-state index in [1.165, 1.54) is 4.57 Å². The highest BCUT2D eigenvalue weighted by molar-refractivity contribution is 5.74. The van der Waals surface area contributed by atoms with E-state index in [-0.39, 0.29) is 25.8 Å². The van der Waals surface area contributed by atoms with Gasteiger partial charge in [-0.1, -0.05) is 0 Å². The van der Waals surface area contributed by atoms with Crippen LogP contribution < -0.4 is 27.5 Å². The average molecular weight is 535 g/mol. The van der Waals surface area contributed by atoms with Crippen LogP contribution in [0, 0.1) is 0 Å². The molecule has 1 aromatic rings. The number of nitrogens with two attached hydrogens (primary N) is 4. The molecule has 0 spiro atoms. The first-order valence-electron chi connectivity index (χ1n) is 15.3. The predicted octanol–water partition coefficient (Wildman–Crippen LogP) is -1.02. The molecule has 4 atom stereocenters. The summed E-state index contributed by atoms with van der Waals surface area (Å²) < 4.78 is 70.7. The van der Waals surface area contributed by atoms with Crippen LogP contribution in [0.1, 0.15) is 72.6 Å². The topological polar surface area (TPSA) is 257 Å². The van der Waals surface area contributed by atoms with Crippen LogP contribution in [0.25, 0.3) is 0 Å². The zero-order valence-electron chi connectivity index (χ0n) is 28.1. The Morgan fingerprint density at radius 2 is 1.08 bits per heavy atom. The Labute approximate surface area is 226 Å². The lowest BCUT2D eigenvalue weighted by molar-refractivity contribution is -0.698. The first-order valence-corrected chi connectivity index (χ1v) is 11.3. The monoisotopic (exact) mass is 534 g/mol. The van der Waals surface area contributed by atoms with E-state index in [1.54, 1.807) is 0 Å². The van der Waals surface area contributed by atoms with Crippen LogP contribution in [0.5, 0.6) is 0 Å². The number of carboxylic acids is 4. The quantitative estimate of drug-likeness (QED) is 0.0783. The van der Waals surface area contributed by atoms with Crippen molar-refractivity contribution in [3.8, 4) is 0 Å². The maximum Gasteiger partial charge on any atom is 0.320 e. The standard InChI is InChI=1S/C24H39N5O8/c25-17(21(30)31)5-1-2-11-29-12-14(7-9-19(27)23(34)35)16(4-3-6-18(26)22(32)33)15(13-29)8-10-20(28)24(36)37/h12-13,17-20H,1-11,25-28H2,(H3-,30,31,32,33,34,35,36,37)/p+1/t17-,18-,19-,20-/m0/s1/i3D2,4D2,7D2,8D2. The van der Waals surface area contributed by atoms with Crippen molar-refractivity contribution in [1.82, 2.24) is 0 Å². The summed E-state index contributed by atoms with van der Waals surface area (Å²) in [7, 11) is 0. The van der Waals surface area contributed by atoms with Gasteiger partial charge in [-0.05, 0) is 63.2 Å². The van der Waals surface area contributed by atoms with E-state index >= 15 is 0 Å². The molecule has 37 heavy (non-hydrogen) atoms. The predicted molar refractivity (Wildman–Crippen MR) is 133 cm³/mol. The van der Waals surface area contributed by atoms with E-state index in [0.29, 0.717) is 0 Å². The maximum absolute atomic E-state index is 11.5. The van der Waals surface area contributed by atoms with Crippen LogP contribution in [0.15, 0.2) is 12.4 Å². The second-order valence-corrected chi connectivity index (χ2v) is 8.24. The van der Waals surface area contributed by atoms with Gasteiger partial charge in [-0.15, -0.1) is 0 Å². The number of hydrogen-bond donors (Lipinski definition) is 8. The summed E-state index contributed by atoms with van der Waals surface area (Å²) in [6, 6.07) is -6.85. The number of carboxylic acid groups (broad SMARTS) is 4. The van der Waals surface area contributed by atoms with E-state index in [9.17, 15) is 34.5 Å². The van der Waals surface area contributed by atoms with Crippen LogP contribution in [0.3, 0.4) is 0 Å². The van der Waals surface area contributed by atoms with Crippen molar-refractivity contribution >= 4 is 23.9 Å². The number of aryl methyl sites for hydroxylation is 3. The van der Waals surface area contributed by atoms with Crippen molar-refractivity contribution < 1.29 is 55.1 Å². The van der Waals surface area contributed by atoms with E-state index < -0.39 is 109 Å². The van der Waals surface area contributed by atoms with Gasteiger partial charge < -0.3 is 43.4 Å². The number of rotatable bonds is 19. The van der Waals surface area contributed by atoms with Gasteiger partial charge in [0.15, 0.2) is 12.4 Å². The molecule has 0 amide bonds. The molecule has 0 saturated heterocycles. The summed E-state index contributed by atoms with van der Waals surface area (Å²) in [4.78, 5) is 45.4. The third-order valence-electron chi connectivity index (χ3n) is 5.14. The number of pyridine rings is 1. The Hall–Kier alpha value is -3.13. The highest BCUT2D eigenvalue weighted by Gasteiger charge is 2.22. The molecule has 13 nitrogen and oxygen atoms in total. The second-order valence-electron chi connectivity index (χ2n) is 8.24. The average Bonchev–Trinajstić information content (AvgIpc) is 2.89. The normalized spacial score (nSPS) is 19.2. The SMILES string of the molecule is [2H]C([2H])(C[C@H](N)C(=O)O)c1c[n+](CCCC[C@H](N)C(=O)O)cc(C([2H])([2H])C[C@H](N)C(=O)O)c1C([2H])([2H])C([2H])([2H])C[C@H](N)C(=O)O. The van der Waals surface area contributed by atoms with Crippen molar-refractivity contribution in [2.45, 2.75) is 94.7 Å². The van der Waals surface area contributed by atoms with E-state index in [0.717, 1.165) is 12.4 Å². The Bertz CT molecular complexity index is 1210. The zero-order valence-corrected chi connectivity index (χ0v) is 20.1. The maximum atomic E-state index is 11.5. The van der Waals surface area contributed by atoms with Crippen molar-refractivity contribution in [3.05, 3.63) is 29.1 Å². The molecule has 1 heterocycles. The van der Waals surface area contributed by atoms with Crippen LogP contribution in [-0.2, 0) is 44.8 Å². The second kappa shape index (κ2) is 15.9. The summed E-state index contributed by atoms with van der Waals surface area (Å²) in [5, 5.41) is 36.9. The molecule has 0 aliphatic heterocycles.